The van der Waals surface area contributed by atoms with Gasteiger partial charge in [0.2, 0.25) is 5.91 Å². The zero-order valence-corrected chi connectivity index (χ0v) is 22.5. The molecule has 0 saturated carbocycles. The molecule has 198 valence electrons. The van der Waals surface area contributed by atoms with Crippen molar-refractivity contribution >= 4 is 23.5 Å². The van der Waals surface area contributed by atoms with Crippen LogP contribution in [0.25, 0.3) is 0 Å². The third-order valence-electron chi connectivity index (χ3n) is 7.18. The van der Waals surface area contributed by atoms with E-state index in [1.807, 2.05) is 76.4 Å². The summed E-state index contributed by atoms with van der Waals surface area (Å²) >= 11 is 0. The van der Waals surface area contributed by atoms with E-state index in [0.29, 0.717) is 18.5 Å². The van der Waals surface area contributed by atoms with Crippen molar-refractivity contribution in [1.82, 2.24) is 10.3 Å². The molecule has 7 nitrogen and oxygen atoms in total. The Balaban J connectivity index is 1.37. The number of benzene rings is 2. The third kappa shape index (κ3) is 6.46. The summed E-state index contributed by atoms with van der Waals surface area (Å²) in [4.78, 5) is 43.8. The van der Waals surface area contributed by atoms with Gasteiger partial charge in [0.15, 0.2) is 0 Å². The van der Waals surface area contributed by atoms with Crippen LogP contribution in [0.4, 0.5) is 5.69 Å². The van der Waals surface area contributed by atoms with Gasteiger partial charge in [0.25, 0.3) is 5.91 Å². The van der Waals surface area contributed by atoms with Crippen molar-refractivity contribution in [1.29, 1.82) is 0 Å². The molecule has 2 N–H and O–H groups in total. The average molecular weight is 514 g/mol. The molecule has 3 aromatic rings. The number of aliphatic carboxylic acids is 1. The van der Waals surface area contributed by atoms with E-state index in [1.54, 1.807) is 4.90 Å². The summed E-state index contributed by atoms with van der Waals surface area (Å²) in [7, 11) is 0. The van der Waals surface area contributed by atoms with Crippen LogP contribution in [0.5, 0.6) is 0 Å². The van der Waals surface area contributed by atoms with Crippen LogP contribution >= 0.6 is 0 Å². The maximum atomic E-state index is 12.9. The van der Waals surface area contributed by atoms with Gasteiger partial charge in [-0.25, -0.2) is 4.79 Å². The normalized spacial score (nSPS) is 15.9. The number of anilines is 1. The van der Waals surface area contributed by atoms with Crippen molar-refractivity contribution in [2.45, 2.75) is 59.4 Å². The molecule has 0 bridgehead atoms. The highest BCUT2D eigenvalue weighted by molar-refractivity contribution is 5.99. The average Bonchev–Trinajstić information content (AvgIpc) is 3.22. The Labute approximate surface area is 223 Å². The molecule has 0 radical (unpaired) electrons. The van der Waals surface area contributed by atoms with Crippen molar-refractivity contribution in [3.8, 4) is 0 Å². The molecule has 2 amide bonds. The van der Waals surface area contributed by atoms with Gasteiger partial charge in [0, 0.05) is 42.5 Å². The molecule has 38 heavy (non-hydrogen) atoms. The standard InChI is InChI=1S/C31H35N3O4/c1-19-11-12-32-25(15-19)8-5-24-17-28(35)34(18-24)26-9-6-23(7-10-26)16-27(31(37)38)33-30(36)29-21(3)13-20(2)14-22(29)4/h6-7,9-15,24,27H,5,8,16-18H2,1-4H3,(H,33,36)(H,37,38). The first kappa shape index (κ1) is 27.0. The van der Waals surface area contributed by atoms with Crippen LogP contribution in [-0.4, -0.2) is 40.5 Å². The molecule has 1 aliphatic heterocycles. The lowest BCUT2D eigenvalue weighted by atomic mass is 9.98. The van der Waals surface area contributed by atoms with E-state index >= 15 is 0 Å². The fraction of sp³-hybridized carbons (Fsp3) is 0.355. The van der Waals surface area contributed by atoms with Crippen LogP contribution in [0.2, 0.25) is 0 Å². The first-order valence-corrected chi connectivity index (χ1v) is 13.0. The Morgan fingerprint density at radius 1 is 1.03 bits per heavy atom. The number of aryl methyl sites for hydroxylation is 5. The van der Waals surface area contributed by atoms with Gasteiger partial charge in [-0.1, -0.05) is 29.8 Å². The van der Waals surface area contributed by atoms with Gasteiger partial charge in [0.05, 0.1) is 0 Å². The summed E-state index contributed by atoms with van der Waals surface area (Å²) in [6.45, 7) is 8.38. The Hall–Kier alpha value is -4.00. The van der Waals surface area contributed by atoms with Gasteiger partial charge in [0.1, 0.15) is 6.04 Å². The molecule has 7 heteroatoms. The number of carboxylic acid groups (broad SMARTS) is 1. The molecule has 2 unspecified atom stereocenters. The van der Waals surface area contributed by atoms with E-state index in [2.05, 4.69) is 16.4 Å². The molecular formula is C31H35N3O4. The molecule has 2 heterocycles. The summed E-state index contributed by atoms with van der Waals surface area (Å²) in [6, 6.07) is 14.2. The van der Waals surface area contributed by atoms with Gasteiger partial charge >= 0.3 is 5.97 Å². The zero-order valence-electron chi connectivity index (χ0n) is 22.5. The molecule has 1 aliphatic rings. The predicted octanol–water partition coefficient (Wildman–Crippen LogP) is 4.73. The lowest BCUT2D eigenvalue weighted by molar-refractivity contribution is -0.139. The number of nitrogens with one attached hydrogen (secondary N) is 1. The minimum absolute atomic E-state index is 0.0967. The van der Waals surface area contributed by atoms with Crippen LogP contribution in [0.1, 0.15) is 56.7 Å². The fourth-order valence-electron chi connectivity index (χ4n) is 5.33. The number of pyridine rings is 1. The Bertz CT molecular complexity index is 1330. The second-order valence-corrected chi connectivity index (χ2v) is 10.4. The lowest BCUT2D eigenvalue weighted by Gasteiger charge is -2.19. The fourth-order valence-corrected chi connectivity index (χ4v) is 5.33. The van der Waals surface area contributed by atoms with E-state index in [9.17, 15) is 19.5 Å². The summed E-state index contributed by atoms with van der Waals surface area (Å²) in [5, 5.41) is 12.5. The number of rotatable bonds is 9. The molecule has 4 rings (SSSR count). The van der Waals surface area contributed by atoms with Crippen molar-refractivity contribution < 1.29 is 19.5 Å². The first-order valence-electron chi connectivity index (χ1n) is 13.0. The van der Waals surface area contributed by atoms with Crippen LogP contribution in [0, 0.1) is 33.6 Å². The van der Waals surface area contributed by atoms with Crippen molar-refractivity contribution in [2.75, 3.05) is 11.4 Å². The highest BCUT2D eigenvalue weighted by Crippen LogP contribution is 2.28. The minimum atomic E-state index is -1.09. The Morgan fingerprint density at radius 3 is 2.34 bits per heavy atom. The highest BCUT2D eigenvalue weighted by atomic mass is 16.4. The number of carbonyl (C=O) groups is 3. The monoisotopic (exact) mass is 513 g/mol. The van der Waals surface area contributed by atoms with E-state index in [4.69, 9.17) is 0 Å². The number of carboxylic acids is 1. The van der Waals surface area contributed by atoms with Crippen LogP contribution in [-0.2, 0) is 22.4 Å². The maximum Gasteiger partial charge on any atom is 0.326 e. The molecule has 1 fully saturated rings. The topological polar surface area (TPSA) is 99.6 Å². The van der Waals surface area contributed by atoms with E-state index in [-0.39, 0.29) is 18.2 Å². The summed E-state index contributed by atoms with van der Waals surface area (Å²) < 4.78 is 0. The zero-order chi connectivity index (χ0) is 27.4. The van der Waals surface area contributed by atoms with Crippen molar-refractivity contribution in [3.05, 3.63) is 93.8 Å². The summed E-state index contributed by atoms with van der Waals surface area (Å²) in [6.07, 6.45) is 4.22. The van der Waals surface area contributed by atoms with E-state index < -0.39 is 17.9 Å². The molecule has 2 aromatic carbocycles. The predicted molar refractivity (Wildman–Crippen MR) is 147 cm³/mol. The van der Waals surface area contributed by atoms with Gasteiger partial charge in [-0.15, -0.1) is 0 Å². The highest BCUT2D eigenvalue weighted by Gasteiger charge is 2.30. The second-order valence-electron chi connectivity index (χ2n) is 10.4. The number of hydrogen-bond acceptors (Lipinski definition) is 4. The molecule has 2 atom stereocenters. The summed E-state index contributed by atoms with van der Waals surface area (Å²) in [5.74, 6) is -1.12. The minimum Gasteiger partial charge on any atom is -0.480 e. The molecule has 0 aliphatic carbocycles. The van der Waals surface area contributed by atoms with Gasteiger partial charge in [-0.05, 0) is 93.0 Å². The number of nitrogens with zero attached hydrogens (tertiary/aromatic N) is 2. The van der Waals surface area contributed by atoms with E-state index in [1.165, 1.54) is 5.56 Å². The van der Waals surface area contributed by atoms with Gasteiger partial charge in [-0.2, -0.15) is 0 Å². The maximum absolute atomic E-state index is 12.9. The molecule has 1 saturated heterocycles. The number of hydrogen-bond donors (Lipinski definition) is 2. The first-order chi connectivity index (χ1) is 18.1. The van der Waals surface area contributed by atoms with Crippen molar-refractivity contribution in [3.63, 3.8) is 0 Å². The molecule has 0 spiro atoms. The largest absolute Gasteiger partial charge is 0.480 e. The number of amides is 2. The Morgan fingerprint density at radius 2 is 1.71 bits per heavy atom. The van der Waals surface area contributed by atoms with E-state index in [0.717, 1.165) is 46.5 Å². The van der Waals surface area contributed by atoms with Crippen LogP contribution < -0.4 is 10.2 Å². The number of aromatic nitrogens is 1. The lowest BCUT2D eigenvalue weighted by Crippen LogP contribution is -2.42. The SMILES string of the molecule is Cc1ccnc(CCC2CC(=O)N(c3ccc(CC(NC(=O)c4c(C)cc(C)cc4C)C(=O)O)cc3)C2)c1. The van der Waals surface area contributed by atoms with Crippen LogP contribution in [0.3, 0.4) is 0 Å². The van der Waals surface area contributed by atoms with Gasteiger partial charge < -0.3 is 15.3 Å². The van der Waals surface area contributed by atoms with Crippen molar-refractivity contribution in [2.24, 2.45) is 5.92 Å². The smallest absolute Gasteiger partial charge is 0.326 e. The van der Waals surface area contributed by atoms with Gasteiger partial charge in [-0.3, -0.25) is 14.6 Å². The Kier molecular flexibility index (Phi) is 8.25. The van der Waals surface area contributed by atoms with Crippen LogP contribution in [0.15, 0.2) is 54.7 Å². The number of carbonyl (C=O) groups excluding carboxylic acids is 2. The quantitative estimate of drug-likeness (QED) is 0.431. The molecular weight excluding hydrogens is 478 g/mol. The second kappa shape index (κ2) is 11.6. The third-order valence-corrected chi connectivity index (χ3v) is 7.18. The molecule has 1 aromatic heterocycles. The summed E-state index contributed by atoms with van der Waals surface area (Å²) in [5.41, 5.74) is 7.01.